The molecular weight excluding hydrogens is 226 g/mol. The quantitative estimate of drug-likeness (QED) is 0.721. The number of rotatable bonds is 4. The molecule has 0 bridgehead atoms. The van der Waals surface area contributed by atoms with Crippen LogP contribution >= 0.6 is 0 Å². The summed E-state index contributed by atoms with van der Waals surface area (Å²) in [6, 6.07) is 12.8. The van der Waals surface area contributed by atoms with Crippen molar-refractivity contribution in [1.29, 1.82) is 0 Å². The number of anilines is 3. The molecule has 5 N–H and O–H groups in total. The van der Waals surface area contributed by atoms with E-state index >= 15 is 0 Å². The molecule has 0 atom stereocenters. The van der Waals surface area contributed by atoms with Crippen molar-refractivity contribution in [2.45, 2.75) is 6.92 Å². The molecule has 0 spiro atoms. The Kier molecular flexibility index (Phi) is 3.57. The predicted molar refractivity (Wildman–Crippen MR) is 75.9 cm³/mol. The molecule has 0 heterocycles. The van der Waals surface area contributed by atoms with Gasteiger partial charge in [0.15, 0.2) is 0 Å². The van der Waals surface area contributed by atoms with Gasteiger partial charge in [0.2, 0.25) is 0 Å². The average molecular weight is 243 g/mol. The van der Waals surface area contributed by atoms with Gasteiger partial charge >= 0.3 is 0 Å². The molecule has 94 valence electrons. The average Bonchev–Trinajstić information content (AvgIpc) is 2.37. The van der Waals surface area contributed by atoms with Gasteiger partial charge in [-0.15, -0.1) is 0 Å². The van der Waals surface area contributed by atoms with E-state index in [0.717, 1.165) is 23.7 Å². The third-order valence-electron chi connectivity index (χ3n) is 2.51. The number of nitrogen functional groups attached to an aromatic ring is 2. The molecule has 4 heteroatoms. The minimum absolute atomic E-state index is 0.710. The Hall–Kier alpha value is -2.36. The molecule has 2 aromatic carbocycles. The summed E-state index contributed by atoms with van der Waals surface area (Å²) < 4.78 is 5.72. The highest BCUT2D eigenvalue weighted by Gasteiger charge is 2.02. The van der Waals surface area contributed by atoms with Gasteiger partial charge in [-0.25, -0.2) is 0 Å². The number of ether oxygens (including phenoxy) is 1. The Bertz CT molecular complexity index is 523. The summed E-state index contributed by atoms with van der Waals surface area (Å²) in [5.41, 5.74) is 13.8. The molecule has 0 aliphatic carbocycles. The van der Waals surface area contributed by atoms with Gasteiger partial charge in [0.25, 0.3) is 0 Å². The summed E-state index contributed by atoms with van der Waals surface area (Å²) in [4.78, 5) is 0. The molecule has 0 saturated heterocycles. The lowest BCUT2D eigenvalue weighted by Crippen LogP contribution is -2.00. The van der Waals surface area contributed by atoms with E-state index in [1.807, 2.05) is 37.3 Å². The van der Waals surface area contributed by atoms with Crippen molar-refractivity contribution in [2.75, 3.05) is 23.3 Å². The number of nitrogens with one attached hydrogen (secondary N) is 1. The maximum atomic E-state index is 5.85. The minimum Gasteiger partial charge on any atom is -0.457 e. The summed E-state index contributed by atoms with van der Waals surface area (Å²) in [6.45, 7) is 2.84. The van der Waals surface area contributed by atoms with Crippen LogP contribution in [0.4, 0.5) is 17.1 Å². The van der Waals surface area contributed by atoms with Gasteiger partial charge in [0.05, 0.1) is 11.4 Å². The van der Waals surface area contributed by atoms with Crippen LogP contribution in [0.1, 0.15) is 6.92 Å². The lowest BCUT2D eigenvalue weighted by molar-refractivity contribution is 0.483. The SMILES string of the molecule is CCNc1cc(Oc2ccc(N)cc2)ccc1N. The number of hydrogen-bond acceptors (Lipinski definition) is 4. The summed E-state index contributed by atoms with van der Waals surface area (Å²) >= 11 is 0. The van der Waals surface area contributed by atoms with E-state index in [-0.39, 0.29) is 0 Å². The fourth-order valence-corrected chi connectivity index (χ4v) is 1.61. The molecule has 0 aromatic heterocycles. The molecule has 0 saturated carbocycles. The molecule has 2 rings (SSSR count). The van der Waals surface area contributed by atoms with Gasteiger partial charge in [0.1, 0.15) is 11.5 Å². The summed E-state index contributed by atoms with van der Waals surface area (Å²) in [6.07, 6.45) is 0. The maximum absolute atomic E-state index is 5.85. The van der Waals surface area contributed by atoms with E-state index in [2.05, 4.69) is 5.32 Å². The van der Waals surface area contributed by atoms with Crippen LogP contribution in [0.3, 0.4) is 0 Å². The first-order chi connectivity index (χ1) is 8.69. The second kappa shape index (κ2) is 5.31. The fourth-order valence-electron chi connectivity index (χ4n) is 1.61. The van der Waals surface area contributed by atoms with Gasteiger partial charge in [-0.05, 0) is 43.3 Å². The third-order valence-corrected chi connectivity index (χ3v) is 2.51. The van der Waals surface area contributed by atoms with Gasteiger partial charge in [0, 0.05) is 18.3 Å². The van der Waals surface area contributed by atoms with Crippen molar-refractivity contribution in [3.63, 3.8) is 0 Å². The monoisotopic (exact) mass is 243 g/mol. The first-order valence-corrected chi connectivity index (χ1v) is 5.86. The zero-order valence-corrected chi connectivity index (χ0v) is 10.3. The van der Waals surface area contributed by atoms with E-state index in [9.17, 15) is 0 Å². The van der Waals surface area contributed by atoms with E-state index in [1.54, 1.807) is 12.1 Å². The topological polar surface area (TPSA) is 73.3 Å². The second-order valence-electron chi connectivity index (χ2n) is 3.95. The Morgan fingerprint density at radius 2 is 1.67 bits per heavy atom. The van der Waals surface area contributed by atoms with Crippen molar-refractivity contribution < 1.29 is 4.74 Å². The highest BCUT2D eigenvalue weighted by molar-refractivity contribution is 5.68. The lowest BCUT2D eigenvalue weighted by atomic mass is 10.2. The van der Waals surface area contributed by atoms with Crippen LogP contribution < -0.4 is 21.5 Å². The molecule has 0 radical (unpaired) electrons. The molecule has 2 aromatic rings. The second-order valence-corrected chi connectivity index (χ2v) is 3.95. The zero-order valence-electron chi connectivity index (χ0n) is 10.3. The molecule has 0 amide bonds. The Balaban J connectivity index is 2.18. The fraction of sp³-hybridized carbons (Fsp3) is 0.143. The molecule has 0 aliphatic heterocycles. The van der Waals surface area contributed by atoms with Gasteiger partial charge in [-0.1, -0.05) is 0 Å². The van der Waals surface area contributed by atoms with Gasteiger partial charge in [-0.2, -0.15) is 0 Å². The van der Waals surface area contributed by atoms with Crippen molar-refractivity contribution in [1.82, 2.24) is 0 Å². The summed E-state index contributed by atoms with van der Waals surface area (Å²) in [5, 5.41) is 3.19. The Morgan fingerprint density at radius 3 is 2.33 bits per heavy atom. The van der Waals surface area contributed by atoms with Crippen LogP contribution in [0.2, 0.25) is 0 Å². The van der Waals surface area contributed by atoms with Crippen LogP contribution in [0.15, 0.2) is 42.5 Å². The molecule has 0 unspecified atom stereocenters. The van der Waals surface area contributed by atoms with E-state index in [0.29, 0.717) is 11.4 Å². The largest absolute Gasteiger partial charge is 0.457 e. The summed E-state index contributed by atoms with van der Waals surface area (Å²) in [7, 11) is 0. The number of benzene rings is 2. The van der Waals surface area contributed by atoms with E-state index in [4.69, 9.17) is 16.2 Å². The molecular formula is C14H17N3O. The van der Waals surface area contributed by atoms with Crippen molar-refractivity contribution >= 4 is 17.1 Å². The lowest BCUT2D eigenvalue weighted by Gasteiger charge is -2.11. The predicted octanol–water partition coefficient (Wildman–Crippen LogP) is 3.08. The standard InChI is InChI=1S/C14H17N3O/c1-2-17-14-9-12(7-8-13(14)16)18-11-5-3-10(15)4-6-11/h3-9,17H,2,15-16H2,1H3. The molecule has 0 aliphatic rings. The molecule has 0 fully saturated rings. The zero-order chi connectivity index (χ0) is 13.0. The first kappa shape index (κ1) is 12.1. The highest BCUT2D eigenvalue weighted by Crippen LogP contribution is 2.28. The van der Waals surface area contributed by atoms with Crippen LogP contribution in [0, 0.1) is 0 Å². The molecule has 18 heavy (non-hydrogen) atoms. The van der Waals surface area contributed by atoms with Crippen LogP contribution in [-0.2, 0) is 0 Å². The van der Waals surface area contributed by atoms with Crippen LogP contribution in [0.5, 0.6) is 11.5 Å². The van der Waals surface area contributed by atoms with Crippen molar-refractivity contribution in [3.05, 3.63) is 42.5 Å². The van der Waals surface area contributed by atoms with Crippen molar-refractivity contribution in [3.8, 4) is 11.5 Å². The van der Waals surface area contributed by atoms with Crippen LogP contribution in [-0.4, -0.2) is 6.54 Å². The minimum atomic E-state index is 0.710. The maximum Gasteiger partial charge on any atom is 0.129 e. The highest BCUT2D eigenvalue weighted by atomic mass is 16.5. The van der Waals surface area contributed by atoms with E-state index in [1.165, 1.54) is 0 Å². The first-order valence-electron chi connectivity index (χ1n) is 5.86. The third kappa shape index (κ3) is 2.85. The van der Waals surface area contributed by atoms with Crippen molar-refractivity contribution in [2.24, 2.45) is 0 Å². The number of nitrogens with two attached hydrogens (primary N) is 2. The van der Waals surface area contributed by atoms with Crippen LogP contribution in [0.25, 0.3) is 0 Å². The smallest absolute Gasteiger partial charge is 0.129 e. The normalized spacial score (nSPS) is 10.1. The Labute approximate surface area is 107 Å². The van der Waals surface area contributed by atoms with Gasteiger partial charge in [-0.3, -0.25) is 0 Å². The summed E-state index contributed by atoms with van der Waals surface area (Å²) in [5.74, 6) is 1.49. The Morgan fingerprint density at radius 1 is 1.00 bits per heavy atom. The number of hydrogen-bond donors (Lipinski definition) is 3. The van der Waals surface area contributed by atoms with E-state index < -0.39 is 0 Å². The molecule has 4 nitrogen and oxygen atoms in total. The van der Waals surface area contributed by atoms with Gasteiger partial charge < -0.3 is 21.5 Å².